The van der Waals surface area contributed by atoms with Gasteiger partial charge in [-0.2, -0.15) is 0 Å². The molecule has 0 saturated heterocycles. The fraction of sp³-hybridized carbons (Fsp3) is 0.471. The first-order valence-corrected chi connectivity index (χ1v) is 8.05. The third kappa shape index (κ3) is 3.24. The molecular weight excluding hydrogens is 284 g/mol. The van der Waals surface area contributed by atoms with Crippen molar-refractivity contribution in [1.29, 1.82) is 0 Å². The first-order chi connectivity index (χ1) is 10.1. The molecule has 1 fully saturated rings. The van der Waals surface area contributed by atoms with E-state index in [9.17, 15) is 4.79 Å². The van der Waals surface area contributed by atoms with Gasteiger partial charge in [-0.25, -0.2) is 0 Å². The molecule has 1 aliphatic rings. The summed E-state index contributed by atoms with van der Waals surface area (Å²) in [5.41, 5.74) is 1.60. The third-order valence-corrected chi connectivity index (χ3v) is 4.65. The van der Waals surface area contributed by atoms with Gasteiger partial charge in [0.15, 0.2) is 0 Å². The number of hydrogen-bond acceptors (Lipinski definition) is 1. The van der Waals surface area contributed by atoms with E-state index < -0.39 is 0 Å². The van der Waals surface area contributed by atoms with E-state index in [2.05, 4.69) is 4.98 Å². The second kappa shape index (κ2) is 6.10. The Labute approximate surface area is 130 Å². The lowest BCUT2D eigenvalue weighted by molar-refractivity contribution is 0.0755. The average Bonchev–Trinajstić information content (AvgIpc) is 2.90. The van der Waals surface area contributed by atoms with E-state index in [1.807, 2.05) is 36.2 Å². The molecule has 1 amide bonds. The molecule has 3 rings (SSSR count). The summed E-state index contributed by atoms with van der Waals surface area (Å²) in [5, 5.41) is 1.67. The summed E-state index contributed by atoms with van der Waals surface area (Å²) in [4.78, 5) is 17.6. The molecule has 1 aromatic carbocycles. The molecule has 0 aliphatic heterocycles. The van der Waals surface area contributed by atoms with Crippen LogP contribution in [-0.2, 0) is 0 Å². The van der Waals surface area contributed by atoms with Crippen molar-refractivity contribution in [2.24, 2.45) is 5.92 Å². The Morgan fingerprint density at radius 2 is 2.05 bits per heavy atom. The van der Waals surface area contributed by atoms with E-state index >= 15 is 0 Å². The van der Waals surface area contributed by atoms with Crippen molar-refractivity contribution in [3.8, 4) is 0 Å². The topological polar surface area (TPSA) is 36.1 Å². The molecule has 2 aromatic rings. The summed E-state index contributed by atoms with van der Waals surface area (Å²) >= 11 is 5.99. The number of nitrogens with one attached hydrogen (secondary N) is 1. The molecule has 21 heavy (non-hydrogen) atoms. The van der Waals surface area contributed by atoms with Crippen molar-refractivity contribution in [3.63, 3.8) is 0 Å². The van der Waals surface area contributed by atoms with Gasteiger partial charge < -0.3 is 9.88 Å². The van der Waals surface area contributed by atoms with Crippen LogP contribution in [-0.4, -0.2) is 29.4 Å². The van der Waals surface area contributed by atoms with Crippen molar-refractivity contribution in [1.82, 2.24) is 9.88 Å². The van der Waals surface area contributed by atoms with Crippen LogP contribution in [0.1, 0.15) is 42.6 Å². The molecule has 112 valence electrons. The van der Waals surface area contributed by atoms with Gasteiger partial charge >= 0.3 is 0 Å². The van der Waals surface area contributed by atoms with Crippen LogP contribution < -0.4 is 0 Å². The van der Waals surface area contributed by atoms with E-state index in [-0.39, 0.29) is 5.91 Å². The minimum atomic E-state index is 0.0629. The Balaban J connectivity index is 1.72. The van der Waals surface area contributed by atoms with Crippen molar-refractivity contribution in [2.75, 3.05) is 13.6 Å². The summed E-state index contributed by atoms with van der Waals surface area (Å²) in [6, 6.07) is 7.52. The van der Waals surface area contributed by atoms with Crippen LogP contribution in [0.5, 0.6) is 0 Å². The lowest BCUT2D eigenvalue weighted by Gasteiger charge is -2.26. The van der Waals surface area contributed by atoms with E-state index in [1.165, 1.54) is 32.1 Å². The van der Waals surface area contributed by atoms with Gasteiger partial charge in [0.05, 0.1) is 0 Å². The second-order valence-corrected chi connectivity index (χ2v) is 6.54. The minimum Gasteiger partial charge on any atom is -0.351 e. The number of nitrogens with zero attached hydrogens (tertiary/aromatic N) is 1. The van der Waals surface area contributed by atoms with Crippen LogP contribution in [0.25, 0.3) is 10.9 Å². The van der Waals surface area contributed by atoms with Gasteiger partial charge in [0.2, 0.25) is 0 Å². The molecule has 1 heterocycles. The van der Waals surface area contributed by atoms with E-state index in [4.69, 9.17) is 11.6 Å². The number of hydrogen-bond donors (Lipinski definition) is 1. The van der Waals surface area contributed by atoms with Crippen molar-refractivity contribution >= 4 is 28.4 Å². The Hall–Kier alpha value is -1.48. The second-order valence-electron chi connectivity index (χ2n) is 6.10. The quantitative estimate of drug-likeness (QED) is 0.892. The molecule has 0 radical (unpaired) electrons. The number of carbonyl (C=O) groups is 1. The highest BCUT2D eigenvalue weighted by molar-refractivity contribution is 6.31. The maximum absolute atomic E-state index is 12.5. The first kappa shape index (κ1) is 14.5. The van der Waals surface area contributed by atoms with Crippen molar-refractivity contribution < 1.29 is 4.79 Å². The molecule has 0 atom stereocenters. The SMILES string of the molecule is CN(CC1CCCCC1)C(=O)c1cc2cc(Cl)ccc2[nH]1. The molecule has 3 nitrogen and oxygen atoms in total. The number of aromatic amines is 1. The zero-order chi connectivity index (χ0) is 14.8. The number of fused-ring (bicyclic) bond motifs is 1. The van der Waals surface area contributed by atoms with E-state index in [0.29, 0.717) is 16.6 Å². The summed E-state index contributed by atoms with van der Waals surface area (Å²) in [5.74, 6) is 0.722. The number of rotatable bonds is 3. The highest BCUT2D eigenvalue weighted by Gasteiger charge is 2.20. The van der Waals surface area contributed by atoms with Gasteiger partial charge in [-0.1, -0.05) is 30.9 Å². The van der Waals surface area contributed by atoms with Gasteiger partial charge in [0.25, 0.3) is 5.91 Å². The normalized spacial score (nSPS) is 16.3. The van der Waals surface area contributed by atoms with Crippen LogP contribution in [0.3, 0.4) is 0 Å². The van der Waals surface area contributed by atoms with Crippen LogP contribution in [0.15, 0.2) is 24.3 Å². The maximum Gasteiger partial charge on any atom is 0.270 e. The molecule has 1 aromatic heterocycles. The Morgan fingerprint density at radius 3 is 2.81 bits per heavy atom. The summed E-state index contributed by atoms with van der Waals surface area (Å²) in [6.07, 6.45) is 6.45. The number of carbonyl (C=O) groups excluding carboxylic acids is 1. The van der Waals surface area contributed by atoms with Crippen molar-refractivity contribution in [3.05, 3.63) is 35.0 Å². The number of halogens is 1. The summed E-state index contributed by atoms with van der Waals surface area (Å²) in [7, 11) is 1.90. The summed E-state index contributed by atoms with van der Waals surface area (Å²) in [6.45, 7) is 0.856. The van der Waals surface area contributed by atoms with Gasteiger partial charge in [-0.15, -0.1) is 0 Å². The molecule has 0 spiro atoms. The highest BCUT2D eigenvalue weighted by atomic mass is 35.5. The fourth-order valence-electron chi connectivity index (χ4n) is 3.26. The lowest BCUT2D eigenvalue weighted by atomic mass is 9.89. The molecule has 4 heteroatoms. The van der Waals surface area contributed by atoms with Crippen LogP contribution >= 0.6 is 11.6 Å². The number of benzene rings is 1. The number of amides is 1. The Bertz CT molecular complexity index is 643. The van der Waals surface area contributed by atoms with Gasteiger partial charge in [0.1, 0.15) is 5.69 Å². The standard InChI is InChI=1S/C17H21ClN2O/c1-20(11-12-5-3-2-4-6-12)17(21)16-10-13-9-14(18)7-8-15(13)19-16/h7-10,12,19H,2-6,11H2,1H3. The van der Waals surface area contributed by atoms with Crippen LogP contribution in [0.4, 0.5) is 0 Å². The minimum absolute atomic E-state index is 0.0629. The molecular formula is C17H21ClN2O. The zero-order valence-electron chi connectivity index (χ0n) is 12.4. The zero-order valence-corrected chi connectivity index (χ0v) is 13.1. The molecule has 0 unspecified atom stereocenters. The van der Waals surface area contributed by atoms with E-state index in [1.54, 1.807) is 0 Å². The van der Waals surface area contributed by atoms with E-state index in [0.717, 1.165) is 17.4 Å². The van der Waals surface area contributed by atoms with Gasteiger partial charge in [0, 0.05) is 29.5 Å². The number of aromatic nitrogens is 1. The van der Waals surface area contributed by atoms with Gasteiger partial charge in [-0.3, -0.25) is 4.79 Å². The highest BCUT2D eigenvalue weighted by Crippen LogP contribution is 2.25. The molecule has 1 N–H and O–H groups in total. The maximum atomic E-state index is 12.5. The molecule has 1 saturated carbocycles. The first-order valence-electron chi connectivity index (χ1n) is 7.67. The molecule has 0 bridgehead atoms. The van der Waals surface area contributed by atoms with Crippen LogP contribution in [0.2, 0.25) is 5.02 Å². The largest absolute Gasteiger partial charge is 0.351 e. The molecule has 1 aliphatic carbocycles. The Kier molecular flexibility index (Phi) is 4.20. The van der Waals surface area contributed by atoms with Crippen molar-refractivity contribution in [2.45, 2.75) is 32.1 Å². The lowest BCUT2D eigenvalue weighted by Crippen LogP contribution is -2.32. The predicted molar refractivity (Wildman–Crippen MR) is 86.8 cm³/mol. The third-order valence-electron chi connectivity index (χ3n) is 4.42. The Morgan fingerprint density at radius 1 is 1.29 bits per heavy atom. The monoisotopic (exact) mass is 304 g/mol. The van der Waals surface area contributed by atoms with Gasteiger partial charge in [-0.05, 0) is 43.0 Å². The van der Waals surface area contributed by atoms with Crippen LogP contribution in [0, 0.1) is 5.92 Å². The number of H-pyrrole nitrogens is 1. The summed E-state index contributed by atoms with van der Waals surface area (Å²) < 4.78 is 0. The average molecular weight is 305 g/mol. The smallest absolute Gasteiger partial charge is 0.270 e. The predicted octanol–water partition coefficient (Wildman–Crippen LogP) is 4.47. The fourth-order valence-corrected chi connectivity index (χ4v) is 3.44.